The summed E-state index contributed by atoms with van der Waals surface area (Å²) < 4.78 is 0. The second kappa shape index (κ2) is 5.38. The van der Waals surface area contributed by atoms with E-state index in [1.807, 2.05) is 6.92 Å². The first-order chi connectivity index (χ1) is 7.79. The Labute approximate surface area is 103 Å². The molecule has 98 valence electrons. The molecule has 0 heterocycles. The molecule has 5 nitrogen and oxygen atoms in total. The number of hydrogen-bond donors (Lipinski definition) is 3. The van der Waals surface area contributed by atoms with E-state index in [1.165, 1.54) is 0 Å². The van der Waals surface area contributed by atoms with Gasteiger partial charge < -0.3 is 16.0 Å². The fourth-order valence-corrected chi connectivity index (χ4v) is 1.13. The molecule has 1 saturated carbocycles. The van der Waals surface area contributed by atoms with Gasteiger partial charge in [0.25, 0.3) is 0 Å². The highest BCUT2D eigenvalue weighted by Gasteiger charge is 2.24. The molecule has 1 rings (SSSR count). The first kappa shape index (κ1) is 13.8. The zero-order valence-corrected chi connectivity index (χ0v) is 11.1. The van der Waals surface area contributed by atoms with Crippen LogP contribution in [0.25, 0.3) is 0 Å². The lowest BCUT2D eigenvalue weighted by Crippen LogP contribution is -2.47. The van der Waals surface area contributed by atoms with E-state index in [9.17, 15) is 9.59 Å². The van der Waals surface area contributed by atoms with Crippen molar-refractivity contribution in [1.82, 2.24) is 16.0 Å². The van der Waals surface area contributed by atoms with Gasteiger partial charge in [-0.1, -0.05) is 20.8 Å². The highest BCUT2D eigenvalue weighted by Crippen LogP contribution is 2.18. The van der Waals surface area contributed by atoms with Crippen LogP contribution >= 0.6 is 0 Å². The van der Waals surface area contributed by atoms with E-state index in [4.69, 9.17) is 0 Å². The maximum absolute atomic E-state index is 11.6. The summed E-state index contributed by atoms with van der Waals surface area (Å²) in [7, 11) is 0. The Morgan fingerprint density at radius 2 is 1.88 bits per heavy atom. The van der Waals surface area contributed by atoms with E-state index >= 15 is 0 Å². The predicted octanol–water partition coefficient (Wildman–Crippen LogP) is 0.999. The van der Waals surface area contributed by atoms with E-state index in [2.05, 4.69) is 36.7 Å². The Morgan fingerprint density at radius 1 is 1.29 bits per heavy atom. The average Bonchev–Trinajstić information content (AvgIpc) is 2.97. The van der Waals surface area contributed by atoms with Crippen molar-refractivity contribution in [2.24, 2.45) is 5.41 Å². The first-order valence-electron chi connectivity index (χ1n) is 6.13. The molecule has 3 N–H and O–H groups in total. The van der Waals surface area contributed by atoms with Gasteiger partial charge in [0.15, 0.2) is 0 Å². The van der Waals surface area contributed by atoms with Crippen molar-refractivity contribution in [3.05, 3.63) is 0 Å². The Balaban J connectivity index is 2.17. The monoisotopic (exact) mass is 241 g/mol. The number of carbonyl (C=O) groups is 2. The van der Waals surface area contributed by atoms with Crippen LogP contribution < -0.4 is 16.0 Å². The van der Waals surface area contributed by atoms with Crippen LogP contribution in [0.2, 0.25) is 0 Å². The molecule has 0 saturated heterocycles. The maximum Gasteiger partial charge on any atom is 0.315 e. The molecule has 1 aliphatic rings. The number of rotatable bonds is 4. The molecule has 0 aromatic heterocycles. The van der Waals surface area contributed by atoms with Crippen LogP contribution in [0, 0.1) is 5.41 Å². The lowest BCUT2D eigenvalue weighted by Gasteiger charge is -2.28. The van der Waals surface area contributed by atoms with E-state index in [1.54, 1.807) is 0 Å². The molecule has 0 aliphatic heterocycles. The van der Waals surface area contributed by atoms with Crippen molar-refractivity contribution in [2.45, 2.75) is 52.6 Å². The van der Waals surface area contributed by atoms with Gasteiger partial charge in [-0.05, 0) is 25.2 Å². The molecule has 0 unspecified atom stereocenters. The van der Waals surface area contributed by atoms with Crippen molar-refractivity contribution >= 4 is 11.9 Å². The molecule has 3 amide bonds. The fourth-order valence-electron chi connectivity index (χ4n) is 1.13. The minimum absolute atomic E-state index is 0.0198. The summed E-state index contributed by atoms with van der Waals surface area (Å²) in [6.45, 7) is 8.17. The predicted molar refractivity (Wildman–Crippen MR) is 66.6 cm³/mol. The molecule has 5 heteroatoms. The van der Waals surface area contributed by atoms with Gasteiger partial charge in [-0.2, -0.15) is 0 Å². The second-order valence-electron chi connectivity index (χ2n) is 5.76. The SMILES string of the molecule is C[C@@H](NC(=O)CNC(=O)NC1CC1)C(C)(C)C. The number of urea groups is 1. The molecule has 0 radical (unpaired) electrons. The summed E-state index contributed by atoms with van der Waals surface area (Å²) in [5.41, 5.74) is 0.0198. The van der Waals surface area contributed by atoms with Gasteiger partial charge in [0.05, 0.1) is 6.54 Å². The minimum atomic E-state index is -0.258. The fraction of sp³-hybridized carbons (Fsp3) is 0.833. The third-order valence-corrected chi connectivity index (χ3v) is 3.00. The standard InChI is InChI=1S/C12H23N3O2/c1-8(12(2,3)4)14-10(16)7-13-11(17)15-9-5-6-9/h8-9H,5-7H2,1-4H3,(H,14,16)(H2,13,15,17)/t8-/m1/s1. The van der Waals surface area contributed by atoms with Crippen molar-refractivity contribution < 1.29 is 9.59 Å². The zero-order chi connectivity index (χ0) is 13.1. The van der Waals surface area contributed by atoms with Crippen molar-refractivity contribution in [1.29, 1.82) is 0 Å². The van der Waals surface area contributed by atoms with Gasteiger partial charge in [0, 0.05) is 12.1 Å². The summed E-state index contributed by atoms with van der Waals surface area (Å²) in [5, 5.41) is 8.17. The summed E-state index contributed by atoms with van der Waals surface area (Å²) in [5.74, 6) is -0.154. The molecule has 0 bridgehead atoms. The van der Waals surface area contributed by atoms with Crippen LogP contribution in [-0.4, -0.2) is 30.6 Å². The Kier molecular flexibility index (Phi) is 4.37. The molecule has 17 heavy (non-hydrogen) atoms. The molecule has 0 aromatic carbocycles. The number of amides is 3. The Morgan fingerprint density at radius 3 is 2.35 bits per heavy atom. The molecule has 0 spiro atoms. The number of nitrogens with one attached hydrogen (secondary N) is 3. The van der Waals surface area contributed by atoms with Crippen molar-refractivity contribution in [2.75, 3.05) is 6.54 Å². The van der Waals surface area contributed by atoms with E-state index in [-0.39, 0.29) is 29.9 Å². The number of carbonyl (C=O) groups excluding carboxylic acids is 2. The van der Waals surface area contributed by atoms with Crippen LogP contribution in [0.15, 0.2) is 0 Å². The lowest BCUT2D eigenvalue weighted by atomic mass is 9.88. The molecule has 1 fully saturated rings. The highest BCUT2D eigenvalue weighted by atomic mass is 16.2. The zero-order valence-electron chi connectivity index (χ0n) is 11.1. The van der Waals surface area contributed by atoms with Gasteiger partial charge >= 0.3 is 6.03 Å². The van der Waals surface area contributed by atoms with Gasteiger partial charge in [-0.25, -0.2) is 4.79 Å². The minimum Gasteiger partial charge on any atom is -0.352 e. The topological polar surface area (TPSA) is 70.2 Å². The molecule has 1 atom stereocenters. The van der Waals surface area contributed by atoms with Crippen LogP contribution in [0.5, 0.6) is 0 Å². The average molecular weight is 241 g/mol. The molecule has 0 aromatic rings. The second-order valence-corrected chi connectivity index (χ2v) is 5.76. The van der Waals surface area contributed by atoms with Crippen LogP contribution in [0.4, 0.5) is 4.79 Å². The van der Waals surface area contributed by atoms with E-state index in [0.717, 1.165) is 12.8 Å². The van der Waals surface area contributed by atoms with E-state index in [0.29, 0.717) is 6.04 Å². The Hall–Kier alpha value is -1.26. The van der Waals surface area contributed by atoms with Gasteiger partial charge in [0.2, 0.25) is 5.91 Å². The molecular formula is C12H23N3O2. The van der Waals surface area contributed by atoms with Crippen molar-refractivity contribution in [3.8, 4) is 0 Å². The number of hydrogen-bond acceptors (Lipinski definition) is 2. The van der Waals surface area contributed by atoms with Crippen LogP contribution in [0.3, 0.4) is 0 Å². The summed E-state index contributed by atoms with van der Waals surface area (Å²) in [6, 6.07) is 0.126. The van der Waals surface area contributed by atoms with Crippen molar-refractivity contribution in [3.63, 3.8) is 0 Å². The smallest absolute Gasteiger partial charge is 0.315 e. The highest BCUT2D eigenvalue weighted by molar-refractivity contribution is 5.84. The molecule has 1 aliphatic carbocycles. The summed E-state index contributed by atoms with van der Waals surface area (Å²) in [4.78, 5) is 22.8. The third kappa shape index (κ3) is 5.56. The van der Waals surface area contributed by atoms with Gasteiger partial charge in [-0.15, -0.1) is 0 Å². The van der Waals surface area contributed by atoms with Crippen LogP contribution in [-0.2, 0) is 4.79 Å². The van der Waals surface area contributed by atoms with Crippen LogP contribution in [0.1, 0.15) is 40.5 Å². The van der Waals surface area contributed by atoms with Gasteiger partial charge in [-0.3, -0.25) is 4.79 Å². The maximum atomic E-state index is 11.6. The van der Waals surface area contributed by atoms with E-state index < -0.39 is 0 Å². The lowest BCUT2D eigenvalue weighted by molar-refractivity contribution is -0.121. The first-order valence-corrected chi connectivity index (χ1v) is 6.13. The quantitative estimate of drug-likeness (QED) is 0.687. The summed E-state index contributed by atoms with van der Waals surface area (Å²) in [6.07, 6.45) is 2.08. The molecular weight excluding hydrogens is 218 g/mol. The normalized spacial score (nSPS) is 17.2. The largest absolute Gasteiger partial charge is 0.352 e. The van der Waals surface area contributed by atoms with Gasteiger partial charge in [0.1, 0.15) is 0 Å². The summed E-state index contributed by atoms with van der Waals surface area (Å²) >= 11 is 0. The third-order valence-electron chi connectivity index (χ3n) is 3.00. The Bertz CT molecular complexity index is 293.